The topological polar surface area (TPSA) is 47.4 Å². The van der Waals surface area contributed by atoms with Gasteiger partial charge in [-0.05, 0) is 43.3 Å². The Balaban J connectivity index is 1.75. The van der Waals surface area contributed by atoms with Gasteiger partial charge in [-0.15, -0.1) is 0 Å². The molecule has 0 N–H and O–H groups in total. The maximum absolute atomic E-state index is 12.8. The second kappa shape index (κ2) is 8.10. The molecule has 0 saturated heterocycles. The summed E-state index contributed by atoms with van der Waals surface area (Å²) in [7, 11) is 3.44. The summed E-state index contributed by atoms with van der Waals surface area (Å²) in [5.41, 5.74) is 1.85. The number of nitrogens with zero attached hydrogens (tertiary/aromatic N) is 3. The molecule has 0 bridgehead atoms. The fourth-order valence-electron chi connectivity index (χ4n) is 2.58. The molecule has 0 aliphatic heterocycles. The highest BCUT2D eigenvalue weighted by Crippen LogP contribution is 2.27. The molecule has 2 aromatic carbocycles. The molecular weight excluding hydrogens is 346 g/mol. The SMILES string of the molecule is COc1ccc(-n2ccnc2SC(C)C(=O)N(C)c2ccccc2)cc1. The van der Waals surface area contributed by atoms with Crippen molar-refractivity contribution < 1.29 is 9.53 Å². The fraction of sp³-hybridized carbons (Fsp3) is 0.200. The summed E-state index contributed by atoms with van der Waals surface area (Å²) in [6, 6.07) is 17.4. The molecule has 3 aromatic rings. The Kier molecular flexibility index (Phi) is 5.63. The Labute approximate surface area is 157 Å². The number of aromatic nitrogens is 2. The highest BCUT2D eigenvalue weighted by Gasteiger charge is 2.22. The van der Waals surface area contributed by atoms with Crippen LogP contribution < -0.4 is 9.64 Å². The lowest BCUT2D eigenvalue weighted by molar-refractivity contribution is -0.117. The van der Waals surface area contributed by atoms with Gasteiger partial charge in [0, 0.05) is 30.8 Å². The van der Waals surface area contributed by atoms with Crippen LogP contribution in [-0.4, -0.2) is 34.9 Å². The number of para-hydroxylation sites is 1. The summed E-state index contributed by atoms with van der Waals surface area (Å²) in [5.74, 6) is 0.835. The van der Waals surface area contributed by atoms with Crippen molar-refractivity contribution in [2.45, 2.75) is 17.3 Å². The lowest BCUT2D eigenvalue weighted by Gasteiger charge is -2.21. The Bertz CT molecular complexity index is 862. The van der Waals surface area contributed by atoms with Gasteiger partial charge in [0.2, 0.25) is 5.91 Å². The maximum atomic E-state index is 12.8. The number of benzene rings is 2. The number of ether oxygens (including phenoxy) is 1. The van der Waals surface area contributed by atoms with E-state index in [2.05, 4.69) is 4.98 Å². The molecule has 1 heterocycles. The molecule has 1 unspecified atom stereocenters. The molecule has 5 nitrogen and oxygen atoms in total. The van der Waals surface area contributed by atoms with Crippen LogP contribution in [-0.2, 0) is 4.79 Å². The largest absolute Gasteiger partial charge is 0.497 e. The van der Waals surface area contributed by atoms with Crippen LogP contribution in [0.4, 0.5) is 5.69 Å². The Morgan fingerprint density at radius 1 is 1.15 bits per heavy atom. The molecule has 1 amide bonds. The average Bonchev–Trinajstić information content (AvgIpc) is 3.15. The summed E-state index contributed by atoms with van der Waals surface area (Å²) >= 11 is 1.44. The zero-order chi connectivity index (χ0) is 18.5. The molecule has 0 aliphatic rings. The number of rotatable bonds is 6. The molecule has 134 valence electrons. The highest BCUT2D eigenvalue weighted by molar-refractivity contribution is 8.00. The third kappa shape index (κ3) is 3.91. The number of anilines is 1. The first-order valence-corrected chi connectivity index (χ1v) is 9.15. The van der Waals surface area contributed by atoms with Gasteiger partial charge in [0.25, 0.3) is 0 Å². The number of hydrogen-bond acceptors (Lipinski definition) is 4. The molecule has 6 heteroatoms. The van der Waals surface area contributed by atoms with Crippen LogP contribution in [0.5, 0.6) is 5.75 Å². The summed E-state index contributed by atoms with van der Waals surface area (Å²) < 4.78 is 7.17. The number of carbonyl (C=O) groups excluding carboxylic acids is 1. The molecule has 26 heavy (non-hydrogen) atoms. The van der Waals surface area contributed by atoms with E-state index in [0.717, 1.165) is 22.3 Å². The predicted molar refractivity (Wildman–Crippen MR) is 105 cm³/mol. The fourth-order valence-corrected chi connectivity index (χ4v) is 3.55. The second-order valence-corrected chi connectivity index (χ2v) is 7.08. The lowest BCUT2D eigenvalue weighted by atomic mass is 10.3. The van der Waals surface area contributed by atoms with E-state index in [4.69, 9.17) is 4.74 Å². The van der Waals surface area contributed by atoms with E-state index in [9.17, 15) is 4.79 Å². The second-order valence-electron chi connectivity index (χ2n) is 5.77. The Hall–Kier alpha value is -2.73. The third-order valence-electron chi connectivity index (χ3n) is 4.06. The Morgan fingerprint density at radius 3 is 2.50 bits per heavy atom. The van der Waals surface area contributed by atoms with Crippen LogP contribution in [0.1, 0.15) is 6.92 Å². The van der Waals surface area contributed by atoms with Gasteiger partial charge in [-0.25, -0.2) is 4.98 Å². The minimum absolute atomic E-state index is 0.0329. The van der Waals surface area contributed by atoms with E-state index >= 15 is 0 Å². The number of methoxy groups -OCH3 is 1. The minimum atomic E-state index is -0.264. The smallest absolute Gasteiger partial charge is 0.240 e. The maximum Gasteiger partial charge on any atom is 0.240 e. The first-order valence-electron chi connectivity index (χ1n) is 8.27. The van der Waals surface area contributed by atoms with Gasteiger partial charge in [0.1, 0.15) is 5.75 Å². The van der Waals surface area contributed by atoms with Crippen LogP contribution in [0.15, 0.2) is 72.1 Å². The van der Waals surface area contributed by atoms with E-state index in [-0.39, 0.29) is 11.2 Å². The van der Waals surface area contributed by atoms with Crippen molar-refractivity contribution in [2.75, 3.05) is 19.1 Å². The molecular formula is C20H21N3O2S. The van der Waals surface area contributed by atoms with E-state index in [1.807, 2.05) is 72.3 Å². The lowest BCUT2D eigenvalue weighted by Crippen LogP contribution is -2.33. The normalized spacial score (nSPS) is 11.8. The molecule has 0 spiro atoms. The van der Waals surface area contributed by atoms with Crippen LogP contribution in [0.2, 0.25) is 0 Å². The summed E-state index contributed by atoms with van der Waals surface area (Å²) in [6.07, 6.45) is 3.63. The molecule has 0 saturated carbocycles. The highest BCUT2D eigenvalue weighted by atomic mass is 32.2. The van der Waals surface area contributed by atoms with Gasteiger partial charge in [0.05, 0.1) is 12.4 Å². The van der Waals surface area contributed by atoms with E-state index in [1.165, 1.54) is 11.8 Å². The predicted octanol–water partition coefficient (Wildman–Crippen LogP) is 4.02. The standard InChI is InChI=1S/C20H21N3O2S/c1-15(19(24)22(2)16-7-5-4-6-8-16)26-20-21-13-14-23(20)17-9-11-18(25-3)12-10-17/h4-15H,1-3H3. The molecule has 3 rings (SSSR count). The van der Waals surface area contributed by atoms with Gasteiger partial charge in [-0.3, -0.25) is 9.36 Å². The van der Waals surface area contributed by atoms with Crippen molar-refractivity contribution in [3.63, 3.8) is 0 Å². The quantitative estimate of drug-likeness (QED) is 0.617. The van der Waals surface area contributed by atoms with Crippen molar-refractivity contribution in [1.82, 2.24) is 9.55 Å². The van der Waals surface area contributed by atoms with Crippen LogP contribution in [0.25, 0.3) is 5.69 Å². The first kappa shape index (κ1) is 18.1. The van der Waals surface area contributed by atoms with E-state index in [1.54, 1.807) is 25.3 Å². The van der Waals surface area contributed by atoms with Crippen molar-refractivity contribution >= 4 is 23.4 Å². The van der Waals surface area contributed by atoms with Crippen LogP contribution in [0, 0.1) is 0 Å². The monoisotopic (exact) mass is 367 g/mol. The van der Waals surface area contributed by atoms with Gasteiger partial charge >= 0.3 is 0 Å². The van der Waals surface area contributed by atoms with Crippen molar-refractivity contribution in [1.29, 1.82) is 0 Å². The molecule has 1 atom stereocenters. The number of thioether (sulfide) groups is 1. The van der Waals surface area contributed by atoms with Crippen molar-refractivity contribution in [2.24, 2.45) is 0 Å². The van der Waals surface area contributed by atoms with Gasteiger partial charge in [-0.1, -0.05) is 30.0 Å². The molecule has 0 aliphatic carbocycles. The van der Waals surface area contributed by atoms with E-state index < -0.39 is 0 Å². The zero-order valence-corrected chi connectivity index (χ0v) is 15.8. The van der Waals surface area contributed by atoms with Crippen LogP contribution >= 0.6 is 11.8 Å². The van der Waals surface area contributed by atoms with Crippen molar-refractivity contribution in [3.8, 4) is 11.4 Å². The average molecular weight is 367 g/mol. The third-order valence-corrected chi connectivity index (χ3v) is 5.13. The van der Waals surface area contributed by atoms with Gasteiger partial charge < -0.3 is 9.64 Å². The van der Waals surface area contributed by atoms with Crippen LogP contribution in [0.3, 0.4) is 0 Å². The van der Waals surface area contributed by atoms with E-state index in [0.29, 0.717) is 0 Å². The first-order chi connectivity index (χ1) is 12.6. The number of carbonyl (C=O) groups is 1. The molecule has 0 fully saturated rings. The Morgan fingerprint density at radius 2 is 1.85 bits per heavy atom. The summed E-state index contributed by atoms with van der Waals surface area (Å²) in [5, 5.41) is 0.511. The zero-order valence-electron chi connectivity index (χ0n) is 15.0. The van der Waals surface area contributed by atoms with Crippen molar-refractivity contribution in [3.05, 3.63) is 67.0 Å². The molecule has 1 aromatic heterocycles. The summed E-state index contributed by atoms with van der Waals surface area (Å²) in [6.45, 7) is 1.90. The van der Waals surface area contributed by atoms with Gasteiger partial charge in [0.15, 0.2) is 5.16 Å². The minimum Gasteiger partial charge on any atom is -0.497 e. The number of amides is 1. The summed E-state index contributed by atoms with van der Waals surface area (Å²) in [4.78, 5) is 18.8. The molecule has 0 radical (unpaired) electrons. The van der Waals surface area contributed by atoms with Gasteiger partial charge in [-0.2, -0.15) is 0 Å². The number of imidazole rings is 1. The number of hydrogen-bond donors (Lipinski definition) is 0.